The molecule has 1 N–H and O–H groups in total. The second-order valence-electron chi connectivity index (χ2n) is 6.52. The number of carboxylic acids is 1. The van der Waals surface area contributed by atoms with E-state index < -0.39 is 17.6 Å². The molecule has 0 saturated carbocycles. The highest BCUT2D eigenvalue weighted by molar-refractivity contribution is 6.09. The minimum absolute atomic E-state index is 0.0653. The number of aryl methyl sites for hydroxylation is 1. The number of nitrogens with zero attached hydrogens (tertiary/aromatic N) is 1. The number of carbonyl (C=O) groups is 1. The first-order valence-corrected chi connectivity index (χ1v) is 8.43. The van der Waals surface area contributed by atoms with Crippen LogP contribution in [0.1, 0.15) is 27.0 Å². The summed E-state index contributed by atoms with van der Waals surface area (Å²) in [6.45, 7) is 1.83. The van der Waals surface area contributed by atoms with Crippen LogP contribution in [0.15, 0.2) is 59.6 Å². The van der Waals surface area contributed by atoms with Crippen LogP contribution < -0.4 is 0 Å². The van der Waals surface area contributed by atoms with Crippen molar-refractivity contribution in [1.82, 2.24) is 0 Å². The molecule has 0 unspecified atom stereocenters. The predicted octanol–water partition coefficient (Wildman–Crippen LogP) is 5.32. The van der Waals surface area contributed by atoms with Crippen molar-refractivity contribution in [3.63, 3.8) is 0 Å². The molecule has 0 saturated heterocycles. The topological polar surface area (TPSA) is 49.7 Å². The maximum Gasteiger partial charge on any atom is 0.336 e. The number of aliphatic imine (C=N–C) groups is 1. The van der Waals surface area contributed by atoms with E-state index in [2.05, 4.69) is 4.99 Å². The Morgan fingerprint density at radius 1 is 1.00 bits per heavy atom. The fourth-order valence-electron chi connectivity index (χ4n) is 3.40. The van der Waals surface area contributed by atoms with E-state index >= 15 is 0 Å². The van der Waals surface area contributed by atoms with Crippen LogP contribution in [0.3, 0.4) is 0 Å². The van der Waals surface area contributed by atoms with Gasteiger partial charge in [-0.25, -0.2) is 13.6 Å². The van der Waals surface area contributed by atoms with Gasteiger partial charge in [0.25, 0.3) is 0 Å². The number of rotatable bonds is 3. The zero-order chi connectivity index (χ0) is 19.1. The van der Waals surface area contributed by atoms with E-state index in [4.69, 9.17) is 0 Å². The zero-order valence-corrected chi connectivity index (χ0v) is 14.5. The third-order valence-electron chi connectivity index (χ3n) is 4.67. The van der Waals surface area contributed by atoms with Gasteiger partial charge in [-0.2, -0.15) is 0 Å². The summed E-state index contributed by atoms with van der Waals surface area (Å²) in [7, 11) is 0. The lowest BCUT2D eigenvalue weighted by molar-refractivity contribution is 0.0696. The van der Waals surface area contributed by atoms with Gasteiger partial charge in [-0.1, -0.05) is 30.3 Å². The Morgan fingerprint density at radius 3 is 2.26 bits per heavy atom. The van der Waals surface area contributed by atoms with Gasteiger partial charge in [-0.05, 0) is 53.4 Å². The average Bonchev–Trinajstić information content (AvgIpc) is 3.05. The summed E-state index contributed by atoms with van der Waals surface area (Å²) in [5.41, 5.74) is 4.34. The summed E-state index contributed by atoms with van der Waals surface area (Å²) in [6.07, 6.45) is 0.407. The SMILES string of the molecule is Cc1cc2c(c(C(=O)O)c1)CC(c1ccc(-c3c(F)cccc3F)cc1)=N2. The molecule has 0 fully saturated rings. The van der Waals surface area contributed by atoms with Gasteiger partial charge in [0.15, 0.2) is 0 Å². The number of fused-ring (bicyclic) bond motifs is 1. The molecule has 3 nitrogen and oxygen atoms in total. The van der Waals surface area contributed by atoms with Crippen molar-refractivity contribution in [3.8, 4) is 11.1 Å². The van der Waals surface area contributed by atoms with Crippen LogP contribution in [0.5, 0.6) is 0 Å². The Labute approximate surface area is 154 Å². The highest BCUT2D eigenvalue weighted by Gasteiger charge is 2.23. The molecule has 0 aliphatic carbocycles. The fraction of sp³-hybridized carbons (Fsp3) is 0.0909. The molecule has 27 heavy (non-hydrogen) atoms. The van der Waals surface area contributed by atoms with Crippen LogP contribution in [0.2, 0.25) is 0 Å². The van der Waals surface area contributed by atoms with E-state index in [1.54, 1.807) is 30.3 Å². The lowest BCUT2D eigenvalue weighted by Gasteiger charge is -2.07. The molecule has 0 aromatic heterocycles. The highest BCUT2D eigenvalue weighted by Crippen LogP contribution is 2.34. The first kappa shape index (κ1) is 17.1. The van der Waals surface area contributed by atoms with E-state index in [-0.39, 0.29) is 11.1 Å². The van der Waals surface area contributed by atoms with E-state index in [9.17, 15) is 18.7 Å². The van der Waals surface area contributed by atoms with Crippen LogP contribution in [0, 0.1) is 18.6 Å². The lowest BCUT2D eigenvalue weighted by Crippen LogP contribution is -2.06. The molecule has 3 aromatic rings. The summed E-state index contributed by atoms with van der Waals surface area (Å²) in [6, 6.07) is 14.1. The number of benzene rings is 3. The molecule has 0 atom stereocenters. The van der Waals surface area contributed by atoms with Crippen LogP contribution >= 0.6 is 0 Å². The standard InChI is InChI=1S/C22H15F2NO2/c1-12-9-16(22(26)27)15-11-19(25-20(15)10-12)13-5-7-14(8-6-13)21-17(23)3-2-4-18(21)24/h2-10H,11H2,1H3,(H,26,27). The van der Waals surface area contributed by atoms with Crippen LogP contribution in [0.25, 0.3) is 11.1 Å². The summed E-state index contributed by atoms with van der Waals surface area (Å²) < 4.78 is 27.9. The van der Waals surface area contributed by atoms with Gasteiger partial charge in [0.1, 0.15) is 11.6 Å². The number of halogens is 2. The summed E-state index contributed by atoms with van der Waals surface area (Å²) >= 11 is 0. The molecule has 1 heterocycles. The minimum Gasteiger partial charge on any atom is -0.478 e. The van der Waals surface area contributed by atoms with E-state index in [1.807, 2.05) is 13.0 Å². The minimum atomic E-state index is -0.975. The summed E-state index contributed by atoms with van der Waals surface area (Å²) in [4.78, 5) is 16.1. The van der Waals surface area contributed by atoms with E-state index in [0.717, 1.165) is 16.8 Å². The predicted molar refractivity (Wildman–Crippen MR) is 99.8 cm³/mol. The maximum atomic E-state index is 14.0. The van der Waals surface area contributed by atoms with Crippen molar-refractivity contribution in [3.05, 3.63) is 88.5 Å². The molecular formula is C22H15F2NO2. The Bertz CT molecular complexity index is 1080. The average molecular weight is 363 g/mol. The smallest absolute Gasteiger partial charge is 0.336 e. The van der Waals surface area contributed by atoms with Crippen molar-refractivity contribution in [2.24, 2.45) is 4.99 Å². The van der Waals surface area contributed by atoms with Crippen LogP contribution in [-0.4, -0.2) is 16.8 Å². The molecular weight excluding hydrogens is 348 g/mol. The molecule has 3 aromatic carbocycles. The molecule has 1 aliphatic heterocycles. The Kier molecular flexibility index (Phi) is 4.07. The summed E-state index contributed by atoms with van der Waals surface area (Å²) in [5, 5.41) is 9.42. The van der Waals surface area contributed by atoms with Crippen molar-refractivity contribution >= 4 is 17.4 Å². The normalized spacial score (nSPS) is 12.6. The first-order valence-electron chi connectivity index (χ1n) is 8.43. The molecule has 0 spiro atoms. The molecule has 4 rings (SSSR count). The van der Waals surface area contributed by atoms with Gasteiger partial charge in [0, 0.05) is 6.42 Å². The maximum absolute atomic E-state index is 14.0. The zero-order valence-electron chi connectivity index (χ0n) is 14.5. The first-order chi connectivity index (χ1) is 12.9. The third-order valence-corrected chi connectivity index (χ3v) is 4.67. The molecule has 0 bridgehead atoms. The van der Waals surface area contributed by atoms with Crippen LogP contribution in [-0.2, 0) is 6.42 Å². The van der Waals surface area contributed by atoms with Crippen LogP contribution in [0.4, 0.5) is 14.5 Å². The number of hydrogen-bond acceptors (Lipinski definition) is 2. The van der Waals surface area contributed by atoms with Crippen molar-refractivity contribution in [2.75, 3.05) is 0 Å². The molecule has 0 amide bonds. The highest BCUT2D eigenvalue weighted by atomic mass is 19.1. The van der Waals surface area contributed by atoms with Gasteiger partial charge in [-0.3, -0.25) is 4.99 Å². The van der Waals surface area contributed by atoms with E-state index in [1.165, 1.54) is 18.2 Å². The molecule has 0 radical (unpaired) electrons. The van der Waals surface area contributed by atoms with Crippen molar-refractivity contribution in [1.29, 1.82) is 0 Å². The van der Waals surface area contributed by atoms with Gasteiger partial charge < -0.3 is 5.11 Å². The monoisotopic (exact) mass is 363 g/mol. The Hall–Kier alpha value is -3.34. The quantitative estimate of drug-likeness (QED) is 0.685. The number of carboxylic acid groups (broad SMARTS) is 1. The Morgan fingerprint density at radius 2 is 1.63 bits per heavy atom. The number of hydrogen-bond donors (Lipinski definition) is 1. The summed E-state index contributed by atoms with van der Waals surface area (Å²) in [5.74, 6) is -2.21. The lowest BCUT2D eigenvalue weighted by atomic mass is 9.96. The van der Waals surface area contributed by atoms with Gasteiger partial charge in [0.2, 0.25) is 0 Å². The fourth-order valence-corrected chi connectivity index (χ4v) is 3.40. The van der Waals surface area contributed by atoms with Crippen molar-refractivity contribution < 1.29 is 18.7 Å². The largest absolute Gasteiger partial charge is 0.478 e. The Balaban J connectivity index is 1.69. The number of aromatic carboxylic acids is 1. The second-order valence-corrected chi connectivity index (χ2v) is 6.52. The van der Waals surface area contributed by atoms with Gasteiger partial charge in [0.05, 0.1) is 22.5 Å². The van der Waals surface area contributed by atoms with Gasteiger partial charge >= 0.3 is 5.97 Å². The van der Waals surface area contributed by atoms with Gasteiger partial charge in [-0.15, -0.1) is 0 Å². The third kappa shape index (κ3) is 3.01. The van der Waals surface area contributed by atoms with Crippen molar-refractivity contribution in [2.45, 2.75) is 13.3 Å². The second kappa shape index (κ2) is 6.43. The van der Waals surface area contributed by atoms with E-state index in [0.29, 0.717) is 23.2 Å². The molecule has 134 valence electrons. The molecule has 1 aliphatic rings. The molecule has 5 heteroatoms.